The van der Waals surface area contributed by atoms with Crippen LogP contribution in [0.1, 0.15) is 18.5 Å². The molecule has 0 unspecified atom stereocenters. The lowest BCUT2D eigenvalue weighted by atomic mass is 10.2. The van der Waals surface area contributed by atoms with Crippen molar-refractivity contribution in [2.24, 2.45) is 0 Å². The average molecular weight is 265 g/mol. The van der Waals surface area contributed by atoms with Crippen molar-refractivity contribution in [2.45, 2.75) is 25.4 Å². The first-order valence-corrected chi connectivity index (χ1v) is 6.96. The molecule has 0 aromatic carbocycles. The van der Waals surface area contributed by atoms with Gasteiger partial charge in [0.25, 0.3) is 5.56 Å². The standard InChI is InChI=1S/C12H15N3O2S/c16-8-10-2-1-3-14(10)7-9-6-11(17)15-4-5-18-12(15)13-9/h4-6,10,16H,1-3,7-8H2/t10-/m0/s1. The van der Waals surface area contributed by atoms with E-state index in [2.05, 4.69) is 9.88 Å². The molecule has 0 radical (unpaired) electrons. The number of hydrogen-bond acceptors (Lipinski definition) is 5. The van der Waals surface area contributed by atoms with Crippen LogP contribution in [0.15, 0.2) is 22.4 Å². The maximum atomic E-state index is 11.8. The van der Waals surface area contributed by atoms with Crippen molar-refractivity contribution in [3.63, 3.8) is 0 Å². The molecule has 1 N–H and O–H groups in total. The Morgan fingerprint density at radius 3 is 3.28 bits per heavy atom. The highest BCUT2D eigenvalue weighted by Crippen LogP contribution is 2.19. The van der Waals surface area contributed by atoms with Gasteiger partial charge in [-0.05, 0) is 19.4 Å². The molecule has 2 aromatic heterocycles. The number of aliphatic hydroxyl groups is 1. The number of aromatic nitrogens is 2. The molecular weight excluding hydrogens is 250 g/mol. The summed E-state index contributed by atoms with van der Waals surface area (Å²) < 4.78 is 1.56. The molecule has 0 bridgehead atoms. The Bertz CT molecular complexity index is 607. The first-order chi connectivity index (χ1) is 8.78. The normalized spacial score (nSPS) is 20.8. The lowest BCUT2D eigenvalue weighted by Crippen LogP contribution is -2.32. The third-order valence-corrected chi connectivity index (χ3v) is 4.19. The molecule has 0 spiro atoms. The van der Waals surface area contributed by atoms with Crippen molar-refractivity contribution in [2.75, 3.05) is 13.2 Å². The Morgan fingerprint density at radius 2 is 2.44 bits per heavy atom. The Balaban J connectivity index is 1.88. The highest BCUT2D eigenvalue weighted by atomic mass is 32.1. The fourth-order valence-electron chi connectivity index (χ4n) is 2.49. The summed E-state index contributed by atoms with van der Waals surface area (Å²) in [4.78, 5) is 19.3. The summed E-state index contributed by atoms with van der Waals surface area (Å²) in [5.74, 6) is 0. The average Bonchev–Trinajstić information content (AvgIpc) is 2.97. The van der Waals surface area contributed by atoms with Crippen LogP contribution < -0.4 is 5.56 Å². The van der Waals surface area contributed by atoms with Crippen molar-refractivity contribution >= 4 is 16.3 Å². The first-order valence-electron chi connectivity index (χ1n) is 6.08. The fourth-order valence-corrected chi connectivity index (χ4v) is 3.23. The Kier molecular flexibility index (Phi) is 3.15. The minimum absolute atomic E-state index is 0.0315. The van der Waals surface area contributed by atoms with Crippen molar-refractivity contribution in [3.05, 3.63) is 33.7 Å². The zero-order valence-corrected chi connectivity index (χ0v) is 10.8. The van der Waals surface area contributed by atoms with Crippen LogP contribution in [0.5, 0.6) is 0 Å². The van der Waals surface area contributed by atoms with Crippen molar-refractivity contribution in [1.82, 2.24) is 14.3 Å². The largest absolute Gasteiger partial charge is 0.395 e. The van der Waals surface area contributed by atoms with Gasteiger partial charge in [-0.3, -0.25) is 14.1 Å². The monoisotopic (exact) mass is 265 g/mol. The predicted octanol–water partition coefficient (Wildman–Crippen LogP) is 0.713. The SMILES string of the molecule is O=c1cc(CN2CCC[C@H]2CO)nc2sccn12. The van der Waals surface area contributed by atoms with Gasteiger partial charge >= 0.3 is 0 Å². The van der Waals surface area contributed by atoms with Crippen LogP contribution in [0.25, 0.3) is 4.96 Å². The van der Waals surface area contributed by atoms with E-state index in [1.54, 1.807) is 16.7 Å². The number of nitrogens with zero attached hydrogens (tertiary/aromatic N) is 3. The van der Waals surface area contributed by atoms with Crippen LogP contribution in [-0.2, 0) is 6.54 Å². The molecule has 5 nitrogen and oxygen atoms in total. The van der Waals surface area contributed by atoms with Gasteiger partial charge < -0.3 is 5.11 Å². The lowest BCUT2D eigenvalue weighted by Gasteiger charge is -2.21. The molecule has 0 saturated carbocycles. The number of rotatable bonds is 3. The number of likely N-dealkylation sites (tertiary alicyclic amines) is 1. The summed E-state index contributed by atoms with van der Waals surface area (Å²) in [5, 5.41) is 11.1. The predicted molar refractivity (Wildman–Crippen MR) is 69.9 cm³/mol. The van der Waals surface area contributed by atoms with E-state index in [9.17, 15) is 9.90 Å². The van der Waals surface area contributed by atoms with Gasteiger partial charge in [0.1, 0.15) is 0 Å². The number of aliphatic hydroxyl groups excluding tert-OH is 1. The minimum Gasteiger partial charge on any atom is -0.395 e. The third-order valence-electron chi connectivity index (χ3n) is 3.43. The number of hydrogen-bond donors (Lipinski definition) is 1. The second-order valence-electron chi connectivity index (χ2n) is 4.59. The van der Waals surface area contributed by atoms with Gasteiger partial charge in [-0.25, -0.2) is 4.98 Å². The molecule has 1 aliphatic rings. The zero-order chi connectivity index (χ0) is 12.5. The quantitative estimate of drug-likeness (QED) is 0.888. The van der Waals surface area contributed by atoms with E-state index in [4.69, 9.17) is 0 Å². The molecule has 0 amide bonds. The third kappa shape index (κ3) is 2.07. The summed E-state index contributed by atoms with van der Waals surface area (Å²) in [6, 6.07) is 1.81. The fraction of sp³-hybridized carbons (Fsp3) is 0.500. The van der Waals surface area contributed by atoms with Gasteiger partial charge in [-0.15, -0.1) is 11.3 Å². The maximum absolute atomic E-state index is 11.8. The Hall–Kier alpha value is -1.24. The smallest absolute Gasteiger partial charge is 0.258 e. The molecule has 3 heterocycles. The van der Waals surface area contributed by atoms with E-state index >= 15 is 0 Å². The van der Waals surface area contributed by atoms with E-state index in [1.165, 1.54) is 11.3 Å². The van der Waals surface area contributed by atoms with E-state index in [0.29, 0.717) is 6.54 Å². The van der Waals surface area contributed by atoms with Crippen LogP contribution in [0, 0.1) is 0 Å². The highest BCUT2D eigenvalue weighted by Gasteiger charge is 2.24. The molecule has 1 aliphatic heterocycles. The van der Waals surface area contributed by atoms with Crippen molar-refractivity contribution < 1.29 is 5.11 Å². The summed E-state index contributed by atoms with van der Waals surface area (Å²) >= 11 is 1.46. The Morgan fingerprint density at radius 1 is 1.56 bits per heavy atom. The van der Waals surface area contributed by atoms with Crippen LogP contribution in [-0.4, -0.2) is 38.6 Å². The Labute approximate surface area is 108 Å². The summed E-state index contributed by atoms with van der Waals surface area (Å²) in [5.41, 5.74) is 0.763. The summed E-state index contributed by atoms with van der Waals surface area (Å²) in [7, 11) is 0. The number of fused-ring (bicyclic) bond motifs is 1. The highest BCUT2D eigenvalue weighted by molar-refractivity contribution is 7.15. The topological polar surface area (TPSA) is 57.8 Å². The molecular formula is C12H15N3O2S. The maximum Gasteiger partial charge on any atom is 0.258 e. The second-order valence-corrected chi connectivity index (χ2v) is 5.46. The molecule has 3 rings (SSSR count). The molecule has 2 aromatic rings. The van der Waals surface area contributed by atoms with E-state index < -0.39 is 0 Å². The van der Waals surface area contributed by atoms with Crippen LogP contribution in [0.2, 0.25) is 0 Å². The molecule has 96 valence electrons. The van der Waals surface area contributed by atoms with Crippen molar-refractivity contribution in [1.29, 1.82) is 0 Å². The molecule has 1 saturated heterocycles. The molecule has 0 aliphatic carbocycles. The zero-order valence-electron chi connectivity index (χ0n) is 9.95. The van der Waals surface area contributed by atoms with Crippen molar-refractivity contribution in [3.8, 4) is 0 Å². The van der Waals surface area contributed by atoms with Crippen LogP contribution >= 0.6 is 11.3 Å². The van der Waals surface area contributed by atoms with E-state index in [1.807, 2.05) is 5.38 Å². The van der Waals surface area contributed by atoms with E-state index in [-0.39, 0.29) is 18.2 Å². The second kappa shape index (κ2) is 4.79. The van der Waals surface area contributed by atoms with Gasteiger partial charge in [0, 0.05) is 30.2 Å². The summed E-state index contributed by atoms with van der Waals surface area (Å²) in [6.07, 6.45) is 3.87. The van der Waals surface area contributed by atoms with Gasteiger partial charge in [0.15, 0.2) is 4.96 Å². The van der Waals surface area contributed by atoms with Gasteiger partial charge in [-0.1, -0.05) is 0 Å². The first kappa shape index (κ1) is 11.8. The molecule has 6 heteroatoms. The van der Waals surface area contributed by atoms with Crippen LogP contribution in [0.4, 0.5) is 0 Å². The number of thiazole rings is 1. The minimum atomic E-state index is -0.0315. The van der Waals surface area contributed by atoms with Gasteiger partial charge in [0.05, 0.1) is 12.3 Å². The molecule has 1 fully saturated rings. The van der Waals surface area contributed by atoms with Gasteiger partial charge in [-0.2, -0.15) is 0 Å². The summed E-state index contributed by atoms with van der Waals surface area (Å²) in [6.45, 7) is 1.80. The lowest BCUT2D eigenvalue weighted by molar-refractivity contribution is 0.152. The van der Waals surface area contributed by atoms with Crippen LogP contribution in [0.3, 0.4) is 0 Å². The van der Waals surface area contributed by atoms with E-state index in [0.717, 1.165) is 30.0 Å². The molecule has 1 atom stereocenters. The molecule has 18 heavy (non-hydrogen) atoms. The van der Waals surface area contributed by atoms with Gasteiger partial charge in [0.2, 0.25) is 0 Å².